The molecule has 3 rings (SSSR count). The number of anilines is 1. The third-order valence-corrected chi connectivity index (χ3v) is 5.66. The molecule has 4 amide bonds. The molecule has 0 bridgehead atoms. The average Bonchev–Trinajstić information content (AvgIpc) is 2.95. The van der Waals surface area contributed by atoms with Gasteiger partial charge in [0.2, 0.25) is 11.8 Å². The third kappa shape index (κ3) is 3.58. The number of carbonyl (C=O) groups is 4. The van der Waals surface area contributed by atoms with E-state index in [1.807, 2.05) is 32.0 Å². The van der Waals surface area contributed by atoms with Crippen LogP contribution in [0.3, 0.4) is 0 Å². The van der Waals surface area contributed by atoms with Gasteiger partial charge >= 0.3 is 0 Å². The molecule has 0 aliphatic carbocycles. The number of hydrogen-bond donors (Lipinski definition) is 1. The maximum atomic E-state index is 13.0. The zero-order valence-corrected chi connectivity index (χ0v) is 17.8. The van der Waals surface area contributed by atoms with E-state index in [1.165, 1.54) is 11.9 Å². The van der Waals surface area contributed by atoms with E-state index in [-0.39, 0.29) is 17.0 Å². The van der Waals surface area contributed by atoms with Gasteiger partial charge in [0.05, 0.1) is 11.1 Å². The lowest BCUT2D eigenvalue weighted by Gasteiger charge is -2.35. The van der Waals surface area contributed by atoms with Crippen molar-refractivity contribution >= 4 is 29.3 Å². The molecule has 30 heavy (non-hydrogen) atoms. The Bertz CT molecular complexity index is 1000. The number of likely N-dealkylation sites (N-methyl/N-ethyl adjacent to an activating group) is 1. The number of amides is 4. The van der Waals surface area contributed by atoms with Crippen molar-refractivity contribution in [2.45, 2.75) is 33.2 Å². The van der Waals surface area contributed by atoms with Crippen LogP contribution < -0.4 is 5.32 Å². The summed E-state index contributed by atoms with van der Waals surface area (Å²) in [5.74, 6) is -1.88. The molecule has 7 heteroatoms. The lowest BCUT2D eigenvalue weighted by Crippen LogP contribution is -2.55. The summed E-state index contributed by atoms with van der Waals surface area (Å²) < 4.78 is 0. The fraction of sp³-hybridized carbons (Fsp3) is 0.304. The predicted octanol–water partition coefficient (Wildman–Crippen LogP) is 2.78. The third-order valence-electron chi connectivity index (χ3n) is 5.66. The van der Waals surface area contributed by atoms with Gasteiger partial charge in [0.15, 0.2) is 0 Å². The molecule has 2 aromatic carbocycles. The zero-order valence-electron chi connectivity index (χ0n) is 17.8. The summed E-state index contributed by atoms with van der Waals surface area (Å²) in [6.45, 7) is 6.61. The second-order valence-corrected chi connectivity index (χ2v) is 7.97. The number of fused-ring (bicyclic) bond motifs is 1. The number of benzene rings is 2. The predicted molar refractivity (Wildman–Crippen MR) is 113 cm³/mol. The summed E-state index contributed by atoms with van der Waals surface area (Å²) in [5, 5.41) is 2.90. The normalized spacial score (nSPS) is 13.3. The fourth-order valence-electron chi connectivity index (χ4n) is 3.37. The summed E-state index contributed by atoms with van der Waals surface area (Å²) in [4.78, 5) is 53.1. The number of rotatable bonds is 5. The highest BCUT2D eigenvalue weighted by atomic mass is 16.2. The van der Waals surface area contributed by atoms with Crippen molar-refractivity contribution in [2.24, 2.45) is 0 Å². The number of imide groups is 1. The van der Waals surface area contributed by atoms with Gasteiger partial charge in [0.1, 0.15) is 12.1 Å². The van der Waals surface area contributed by atoms with Crippen LogP contribution in [0.1, 0.15) is 45.7 Å². The fourth-order valence-corrected chi connectivity index (χ4v) is 3.37. The second-order valence-electron chi connectivity index (χ2n) is 7.97. The van der Waals surface area contributed by atoms with E-state index >= 15 is 0 Å². The van der Waals surface area contributed by atoms with E-state index in [2.05, 4.69) is 5.32 Å². The maximum absolute atomic E-state index is 13.0. The van der Waals surface area contributed by atoms with Crippen molar-refractivity contribution in [3.05, 3.63) is 64.7 Å². The monoisotopic (exact) mass is 407 g/mol. The largest absolute Gasteiger partial charge is 0.330 e. The minimum Gasteiger partial charge on any atom is -0.330 e. The van der Waals surface area contributed by atoms with E-state index in [9.17, 15) is 19.2 Å². The van der Waals surface area contributed by atoms with Gasteiger partial charge in [-0.2, -0.15) is 0 Å². The SMILES string of the molecule is Cc1cccc(C)c1NC(=O)C(C)(C)N(C)C(=O)CN1C(=O)c2ccccc2C1=O. The van der Waals surface area contributed by atoms with E-state index < -0.39 is 29.8 Å². The highest BCUT2D eigenvalue weighted by Gasteiger charge is 2.40. The summed E-state index contributed by atoms with van der Waals surface area (Å²) in [6, 6.07) is 12.2. The Morgan fingerprint density at radius 2 is 1.43 bits per heavy atom. The van der Waals surface area contributed by atoms with Crippen LogP contribution >= 0.6 is 0 Å². The lowest BCUT2D eigenvalue weighted by atomic mass is 10.0. The molecule has 0 saturated heterocycles. The minimum atomic E-state index is -1.20. The summed E-state index contributed by atoms with van der Waals surface area (Å²) in [5.41, 5.74) is 1.90. The van der Waals surface area contributed by atoms with Crippen molar-refractivity contribution in [3.63, 3.8) is 0 Å². The van der Waals surface area contributed by atoms with Crippen molar-refractivity contribution in [2.75, 3.05) is 18.9 Å². The molecule has 156 valence electrons. The minimum absolute atomic E-state index is 0.282. The van der Waals surface area contributed by atoms with Crippen LogP contribution in [0.4, 0.5) is 5.69 Å². The van der Waals surface area contributed by atoms with Crippen LogP contribution in [0.25, 0.3) is 0 Å². The topological polar surface area (TPSA) is 86.8 Å². The van der Waals surface area contributed by atoms with Crippen LogP contribution in [-0.2, 0) is 9.59 Å². The quantitative estimate of drug-likeness (QED) is 0.772. The number of nitrogens with one attached hydrogen (secondary N) is 1. The summed E-state index contributed by atoms with van der Waals surface area (Å²) in [7, 11) is 1.49. The molecular formula is C23H25N3O4. The molecule has 1 heterocycles. The van der Waals surface area contributed by atoms with Gasteiger partial charge < -0.3 is 10.2 Å². The molecule has 0 atom stereocenters. The van der Waals surface area contributed by atoms with Crippen molar-refractivity contribution in [1.82, 2.24) is 9.80 Å². The molecule has 2 aromatic rings. The molecule has 0 radical (unpaired) electrons. The molecule has 0 aromatic heterocycles. The van der Waals surface area contributed by atoms with Crippen LogP contribution in [0.15, 0.2) is 42.5 Å². The van der Waals surface area contributed by atoms with Crippen LogP contribution in [-0.4, -0.2) is 52.6 Å². The molecular weight excluding hydrogens is 382 g/mol. The van der Waals surface area contributed by atoms with Gasteiger partial charge in [-0.3, -0.25) is 24.1 Å². The maximum Gasteiger partial charge on any atom is 0.262 e. The van der Waals surface area contributed by atoms with E-state index in [1.54, 1.807) is 38.1 Å². The molecule has 0 unspecified atom stereocenters. The van der Waals surface area contributed by atoms with Gasteiger partial charge in [0.25, 0.3) is 11.8 Å². The van der Waals surface area contributed by atoms with Gasteiger partial charge in [-0.1, -0.05) is 30.3 Å². The Morgan fingerprint density at radius 1 is 0.933 bits per heavy atom. The summed E-state index contributed by atoms with van der Waals surface area (Å²) >= 11 is 0. The number of hydrogen-bond acceptors (Lipinski definition) is 4. The highest BCUT2D eigenvalue weighted by molar-refractivity contribution is 6.22. The van der Waals surface area contributed by atoms with Gasteiger partial charge in [-0.25, -0.2) is 0 Å². The lowest BCUT2D eigenvalue weighted by molar-refractivity contribution is -0.141. The molecule has 0 saturated carbocycles. The molecule has 1 aliphatic heterocycles. The van der Waals surface area contributed by atoms with Crippen molar-refractivity contribution in [1.29, 1.82) is 0 Å². The number of carbonyl (C=O) groups excluding carboxylic acids is 4. The summed E-state index contributed by atoms with van der Waals surface area (Å²) in [6.07, 6.45) is 0. The highest BCUT2D eigenvalue weighted by Crippen LogP contribution is 2.25. The first-order valence-electron chi connectivity index (χ1n) is 9.65. The average molecular weight is 407 g/mol. The molecule has 1 aliphatic rings. The Hall–Kier alpha value is -3.48. The first kappa shape index (κ1) is 21.2. The van der Waals surface area contributed by atoms with Crippen LogP contribution in [0, 0.1) is 13.8 Å². The van der Waals surface area contributed by atoms with Crippen molar-refractivity contribution in [3.8, 4) is 0 Å². The molecule has 7 nitrogen and oxygen atoms in total. The smallest absolute Gasteiger partial charge is 0.262 e. The molecule has 0 fully saturated rings. The number of nitrogens with zero attached hydrogens (tertiary/aromatic N) is 2. The van der Waals surface area contributed by atoms with Gasteiger partial charge in [0, 0.05) is 12.7 Å². The first-order valence-corrected chi connectivity index (χ1v) is 9.65. The van der Waals surface area contributed by atoms with E-state index in [0.29, 0.717) is 5.69 Å². The number of aryl methyl sites for hydroxylation is 2. The van der Waals surface area contributed by atoms with Gasteiger partial charge in [-0.05, 0) is 51.0 Å². The van der Waals surface area contributed by atoms with E-state index in [0.717, 1.165) is 16.0 Å². The Labute approximate surface area is 175 Å². The molecule has 1 N–H and O–H groups in total. The molecule has 0 spiro atoms. The standard InChI is InChI=1S/C23H25N3O4/c1-14-9-8-10-15(2)19(14)24-22(30)23(3,4)25(5)18(27)13-26-20(28)16-11-6-7-12-17(16)21(26)29/h6-12H,13H2,1-5H3,(H,24,30). The second kappa shape index (κ2) is 7.74. The van der Waals surface area contributed by atoms with E-state index in [4.69, 9.17) is 0 Å². The zero-order chi connectivity index (χ0) is 22.2. The van der Waals surface area contributed by atoms with Crippen LogP contribution in [0.5, 0.6) is 0 Å². The van der Waals surface area contributed by atoms with Crippen molar-refractivity contribution < 1.29 is 19.2 Å². The first-order chi connectivity index (χ1) is 14.1. The van der Waals surface area contributed by atoms with Crippen LogP contribution in [0.2, 0.25) is 0 Å². The Balaban J connectivity index is 1.74. The van der Waals surface area contributed by atoms with Gasteiger partial charge in [-0.15, -0.1) is 0 Å². The number of para-hydroxylation sites is 1. The Kier molecular flexibility index (Phi) is 5.48. The Morgan fingerprint density at radius 3 is 1.93 bits per heavy atom.